The van der Waals surface area contributed by atoms with Crippen molar-refractivity contribution in [3.63, 3.8) is 0 Å². The maximum absolute atomic E-state index is 11.7. The fourth-order valence-corrected chi connectivity index (χ4v) is 1.48. The molecule has 1 aromatic rings. The second kappa shape index (κ2) is 4.72. The van der Waals surface area contributed by atoms with Gasteiger partial charge in [-0.05, 0) is 43.7 Å². The van der Waals surface area contributed by atoms with Gasteiger partial charge in [-0.25, -0.2) is 0 Å². The Hall–Kier alpha value is -1.66. The monoisotopic (exact) mass is 202 g/mol. The summed E-state index contributed by atoms with van der Waals surface area (Å²) in [5.74, 6) is 0.00944. The standard InChI is InChI=1S/C12H14N2O/c1-8-5-10(7-14)6-11(9(8)2)12(15)3-4-13/h5-6H,3-4,13H2,1-2H3. The molecule has 1 rings (SSSR count). The number of carbonyl (C=O) groups is 1. The zero-order valence-electron chi connectivity index (χ0n) is 9.00. The molecule has 0 fully saturated rings. The molecule has 0 radical (unpaired) electrons. The van der Waals surface area contributed by atoms with Crippen molar-refractivity contribution >= 4 is 5.78 Å². The lowest BCUT2D eigenvalue weighted by molar-refractivity contribution is 0.0984. The first-order valence-corrected chi connectivity index (χ1v) is 4.84. The van der Waals surface area contributed by atoms with Crippen LogP contribution in [0, 0.1) is 25.2 Å². The van der Waals surface area contributed by atoms with Crippen molar-refractivity contribution in [2.45, 2.75) is 20.3 Å². The molecule has 78 valence electrons. The first-order valence-electron chi connectivity index (χ1n) is 4.84. The summed E-state index contributed by atoms with van der Waals surface area (Å²) in [6, 6.07) is 5.47. The predicted molar refractivity (Wildman–Crippen MR) is 58.6 cm³/mol. The zero-order valence-corrected chi connectivity index (χ0v) is 9.00. The number of benzene rings is 1. The van der Waals surface area contributed by atoms with Crippen LogP contribution in [0.15, 0.2) is 12.1 Å². The van der Waals surface area contributed by atoms with Crippen LogP contribution in [0.1, 0.15) is 33.5 Å². The lowest BCUT2D eigenvalue weighted by atomic mass is 9.96. The number of nitrogens with zero attached hydrogens (tertiary/aromatic N) is 1. The summed E-state index contributed by atoms with van der Waals surface area (Å²) in [6.07, 6.45) is 0.329. The van der Waals surface area contributed by atoms with Crippen LogP contribution in [-0.2, 0) is 0 Å². The Morgan fingerprint density at radius 2 is 2.13 bits per heavy atom. The average molecular weight is 202 g/mol. The van der Waals surface area contributed by atoms with Crippen LogP contribution in [0.2, 0.25) is 0 Å². The van der Waals surface area contributed by atoms with Crippen molar-refractivity contribution < 1.29 is 4.79 Å². The molecule has 3 nitrogen and oxygen atoms in total. The molecule has 2 N–H and O–H groups in total. The van der Waals surface area contributed by atoms with Gasteiger partial charge in [0.15, 0.2) is 5.78 Å². The summed E-state index contributed by atoms with van der Waals surface area (Å²) in [5.41, 5.74) is 8.39. The highest BCUT2D eigenvalue weighted by Crippen LogP contribution is 2.17. The van der Waals surface area contributed by atoms with E-state index in [-0.39, 0.29) is 5.78 Å². The van der Waals surface area contributed by atoms with E-state index in [1.807, 2.05) is 19.9 Å². The second-order valence-corrected chi connectivity index (χ2v) is 3.54. The van der Waals surface area contributed by atoms with Gasteiger partial charge in [0.1, 0.15) is 0 Å². The van der Waals surface area contributed by atoms with E-state index < -0.39 is 0 Å². The Morgan fingerprint density at radius 1 is 1.47 bits per heavy atom. The molecule has 0 unspecified atom stereocenters. The molecular weight excluding hydrogens is 188 g/mol. The first-order chi connectivity index (χ1) is 7.10. The maximum atomic E-state index is 11.7. The quantitative estimate of drug-likeness (QED) is 0.759. The first kappa shape index (κ1) is 11.4. The normalized spacial score (nSPS) is 9.73. The average Bonchev–Trinajstić information content (AvgIpc) is 2.22. The highest BCUT2D eigenvalue weighted by molar-refractivity contribution is 5.98. The number of nitriles is 1. The highest BCUT2D eigenvalue weighted by Gasteiger charge is 2.11. The number of Topliss-reactive ketones (excluding diaryl/α,β-unsaturated/α-hetero) is 1. The Bertz CT molecular complexity index is 430. The van der Waals surface area contributed by atoms with E-state index in [4.69, 9.17) is 11.0 Å². The molecule has 3 heteroatoms. The smallest absolute Gasteiger partial charge is 0.164 e. The third-order valence-electron chi connectivity index (χ3n) is 2.47. The van der Waals surface area contributed by atoms with Gasteiger partial charge in [-0.1, -0.05) is 0 Å². The Labute approximate surface area is 89.5 Å². The Balaban J connectivity index is 3.23. The fraction of sp³-hybridized carbons (Fsp3) is 0.333. The molecule has 0 aliphatic carbocycles. The van der Waals surface area contributed by atoms with Gasteiger partial charge < -0.3 is 5.73 Å². The van der Waals surface area contributed by atoms with Gasteiger partial charge in [-0.3, -0.25) is 4.79 Å². The molecule has 0 atom stereocenters. The topological polar surface area (TPSA) is 66.9 Å². The zero-order chi connectivity index (χ0) is 11.4. The largest absolute Gasteiger partial charge is 0.330 e. The second-order valence-electron chi connectivity index (χ2n) is 3.54. The van der Waals surface area contributed by atoms with E-state index in [0.29, 0.717) is 24.1 Å². The molecule has 0 spiro atoms. The van der Waals surface area contributed by atoms with Gasteiger partial charge in [0.25, 0.3) is 0 Å². The summed E-state index contributed by atoms with van der Waals surface area (Å²) in [7, 11) is 0. The number of nitrogens with two attached hydrogens (primary N) is 1. The molecule has 0 aliphatic rings. The van der Waals surface area contributed by atoms with Crippen molar-refractivity contribution in [2.24, 2.45) is 5.73 Å². The molecule has 0 amide bonds. The van der Waals surface area contributed by atoms with E-state index in [1.54, 1.807) is 12.1 Å². The van der Waals surface area contributed by atoms with Crippen LogP contribution in [0.3, 0.4) is 0 Å². The van der Waals surface area contributed by atoms with E-state index in [9.17, 15) is 4.79 Å². The van der Waals surface area contributed by atoms with Gasteiger partial charge in [0.05, 0.1) is 11.6 Å². The van der Waals surface area contributed by atoms with Crippen LogP contribution in [-0.4, -0.2) is 12.3 Å². The van der Waals surface area contributed by atoms with Gasteiger partial charge >= 0.3 is 0 Å². The molecule has 0 heterocycles. The van der Waals surface area contributed by atoms with Crippen LogP contribution < -0.4 is 5.73 Å². The molecule has 0 bridgehead atoms. The van der Waals surface area contributed by atoms with Gasteiger partial charge in [-0.15, -0.1) is 0 Å². The van der Waals surface area contributed by atoms with Crippen LogP contribution in [0.25, 0.3) is 0 Å². The van der Waals surface area contributed by atoms with Crippen molar-refractivity contribution in [1.29, 1.82) is 5.26 Å². The summed E-state index contributed by atoms with van der Waals surface area (Å²) in [5, 5.41) is 8.80. The Morgan fingerprint density at radius 3 is 2.67 bits per heavy atom. The number of rotatable bonds is 3. The van der Waals surface area contributed by atoms with Crippen molar-refractivity contribution in [3.05, 3.63) is 34.4 Å². The van der Waals surface area contributed by atoms with E-state index >= 15 is 0 Å². The minimum absolute atomic E-state index is 0.00944. The number of hydrogen-bond acceptors (Lipinski definition) is 3. The maximum Gasteiger partial charge on any atom is 0.164 e. The number of aryl methyl sites for hydroxylation is 1. The molecule has 0 saturated heterocycles. The summed E-state index contributed by atoms with van der Waals surface area (Å²) >= 11 is 0. The summed E-state index contributed by atoms with van der Waals surface area (Å²) < 4.78 is 0. The van der Waals surface area contributed by atoms with Crippen molar-refractivity contribution in [2.75, 3.05) is 6.54 Å². The molecular formula is C12H14N2O. The van der Waals surface area contributed by atoms with Gasteiger partial charge in [0.2, 0.25) is 0 Å². The minimum atomic E-state index is 0.00944. The van der Waals surface area contributed by atoms with Gasteiger partial charge in [-0.2, -0.15) is 5.26 Å². The molecule has 1 aromatic carbocycles. The minimum Gasteiger partial charge on any atom is -0.330 e. The van der Waals surface area contributed by atoms with Crippen molar-refractivity contribution in [1.82, 2.24) is 0 Å². The van der Waals surface area contributed by atoms with Gasteiger partial charge in [0, 0.05) is 12.0 Å². The predicted octanol–water partition coefficient (Wildman–Crippen LogP) is 1.71. The van der Waals surface area contributed by atoms with Crippen LogP contribution in [0.5, 0.6) is 0 Å². The third-order valence-corrected chi connectivity index (χ3v) is 2.47. The van der Waals surface area contributed by atoms with Crippen LogP contribution in [0.4, 0.5) is 0 Å². The van der Waals surface area contributed by atoms with E-state index in [0.717, 1.165) is 11.1 Å². The molecule has 0 saturated carbocycles. The number of hydrogen-bond donors (Lipinski definition) is 1. The SMILES string of the molecule is Cc1cc(C#N)cc(C(=O)CCN)c1C. The van der Waals surface area contributed by atoms with E-state index in [1.165, 1.54) is 0 Å². The lowest BCUT2D eigenvalue weighted by Gasteiger charge is -2.07. The molecule has 15 heavy (non-hydrogen) atoms. The summed E-state index contributed by atoms with van der Waals surface area (Å²) in [4.78, 5) is 11.7. The lowest BCUT2D eigenvalue weighted by Crippen LogP contribution is -2.10. The number of ketones is 1. The van der Waals surface area contributed by atoms with E-state index in [2.05, 4.69) is 0 Å². The molecule has 0 aliphatic heterocycles. The molecule has 0 aromatic heterocycles. The fourth-order valence-electron chi connectivity index (χ4n) is 1.48. The van der Waals surface area contributed by atoms with Crippen molar-refractivity contribution in [3.8, 4) is 6.07 Å². The summed E-state index contributed by atoms with van der Waals surface area (Å²) in [6.45, 7) is 4.13. The Kier molecular flexibility index (Phi) is 3.59. The number of carbonyl (C=O) groups excluding carboxylic acids is 1. The van der Waals surface area contributed by atoms with Crippen LogP contribution >= 0.6 is 0 Å². The third kappa shape index (κ3) is 2.42. The highest BCUT2D eigenvalue weighted by atomic mass is 16.1.